The van der Waals surface area contributed by atoms with Crippen molar-refractivity contribution >= 4 is 12.2 Å². The van der Waals surface area contributed by atoms with Crippen LogP contribution < -0.4 is 4.74 Å². The van der Waals surface area contributed by atoms with Crippen LogP contribution in [-0.2, 0) is 0 Å². The molecule has 0 saturated heterocycles. The molecule has 0 aromatic heterocycles. The first-order valence-corrected chi connectivity index (χ1v) is 6.91. The number of aliphatic hydroxyl groups is 2. The molecule has 0 spiro atoms. The smallest absolute Gasteiger partial charge is 0.119 e. The minimum absolute atomic E-state index is 0.0664. The van der Waals surface area contributed by atoms with Crippen LogP contribution in [0.5, 0.6) is 5.75 Å². The molecule has 112 valence electrons. The zero-order valence-electron chi connectivity index (χ0n) is 12.0. The van der Waals surface area contributed by atoms with Crippen LogP contribution in [0.15, 0.2) is 48.5 Å². The van der Waals surface area contributed by atoms with Gasteiger partial charge in [0.1, 0.15) is 18.5 Å². The molecule has 0 amide bonds. The Bertz CT molecular complexity index is 654. The highest BCUT2D eigenvalue weighted by Gasteiger charge is 2.02. The van der Waals surface area contributed by atoms with E-state index in [1.807, 2.05) is 48.6 Å². The van der Waals surface area contributed by atoms with E-state index in [2.05, 4.69) is 6.07 Å². The minimum atomic E-state index is -0.865. The van der Waals surface area contributed by atoms with Gasteiger partial charge in [0.15, 0.2) is 0 Å². The molecule has 2 aromatic carbocycles. The molecule has 0 heterocycles. The van der Waals surface area contributed by atoms with Gasteiger partial charge in [-0.1, -0.05) is 36.4 Å². The van der Waals surface area contributed by atoms with E-state index in [1.54, 1.807) is 12.1 Å². The molecule has 2 aromatic rings. The van der Waals surface area contributed by atoms with Crippen molar-refractivity contribution in [3.05, 3.63) is 65.2 Å². The molecular weight excluding hydrogens is 278 g/mol. The highest BCUT2D eigenvalue weighted by molar-refractivity contribution is 5.70. The van der Waals surface area contributed by atoms with Crippen LogP contribution >= 0.6 is 0 Å². The second-order valence-corrected chi connectivity index (χ2v) is 4.78. The standard InChI is InChI=1S/C18H17NO3/c19-11-16-5-3-14(4-6-16)1-2-15-7-9-18(10-8-15)22-13-17(21)12-20/h1-10,17,20-21H,12-13H2. The summed E-state index contributed by atoms with van der Waals surface area (Å²) >= 11 is 0. The van der Waals surface area contributed by atoms with Crippen molar-refractivity contribution in [3.8, 4) is 11.8 Å². The summed E-state index contributed by atoms with van der Waals surface area (Å²) in [6, 6.07) is 16.9. The fraction of sp³-hybridized carbons (Fsp3) is 0.167. The minimum Gasteiger partial charge on any atom is -0.491 e. The third kappa shape index (κ3) is 4.74. The SMILES string of the molecule is N#Cc1ccc(C=Cc2ccc(OCC(O)CO)cc2)cc1. The third-order valence-electron chi connectivity index (χ3n) is 3.04. The number of aliphatic hydroxyl groups excluding tert-OH is 2. The quantitative estimate of drug-likeness (QED) is 0.803. The zero-order valence-corrected chi connectivity index (χ0v) is 12.0. The van der Waals surface area contributed by atoms with E-state index in [-0.39, 0.29) is 13.2 Å². The van der Waals surface area contributed by atoms with Gasteiger partial charge in [-0.2, -0.15) is 5.26 Å². The van der Waals surface area contributed by atoms with E-state index in [0.29, 0.717) is 11.3 Å². The Labute approximate surface area is 129 Å². The average Bonchev–Trinajstić information content (AvgIpc) is 2.59. The predicted octanol–water partition coefficient (Wildman–Crippen LogP) is 2.46. The van der Waals surface area contributed by atoms with E-state index in [1.165, 1.54) is 0 Å². The lowest BCUT2D eigenvalue weighted by Crippen LogP contribution is -2.21. The van der Waals surface area contributed by atoms with Gasteiger partial charge in [0.2, 0.25) is 0 Å². The highest BCUT2D eigenvalue weighted by Crippen LogP contribution is 2.15. The highest BCUT2D eigenvalue weighted by atomic mass is 16.5. The largest absolute Gasteiger partial charge is 0.491 e. The van der Waals surface area contributed by atoms with Gasteiger partial charge in [-0.25, -0.2) is 0 Å². The molecule has 0 saturated carbocycles. The number of nitrogens with zero attached hydrogens (tertiary/aromatic N) is 1. The van der Waals surface area contributed by atoms with Crippen LogP contribution in [0, 0.1) is 11.3 Å². The Morgan fingerprint density at radius 1 is 1.00 bits per heavy atom. The number of hydrogen-bond donors (Lipinski definition) is 2. The van der Waals surface area contributed by atoms with Gasteiger partial charge in [-0.15, -0.1) is 0 Å². The van der Waals surface area contributed by atoms with Crippen molar-refractivity contribution < 1.29 is 14.9 Å². The van der Waals surface area contributed by atoms with Crippen molar-refractivity contribution in [2.75, 3.05) is 13.2 Å². The van der Waals surface area contributed by atoms with E-state index in [4.69, 9.17) is 15.1 Å². The lowest BCUT2D eigenvalue weighted by atomic mass is 10.1. The third-order valence-corrected chi connectivity index (χ3v) is 3.04. The van der Waals surface area contributed by atoms with Gasteiger partial charge < -0.3 is 14.9 Å². The second-order valence-electron chi connectivity index (χ2n) is 4.78. The zero-order chi connectivity index (χ0) is 15.8. The maximum absolute atomic E-state index is 9.22. The summed E-state index contributed by atoms with van der Waals surface area (Å²) in [4.78, 5) is 0. The molecule has 2 N–H and O–H groups in total. The fourth-order valence-electron chi connectivity index (χ4n) is 1.78. The second kappa shape index (κ2) is 7.99. The molecule has 0 aliphatic rings. The number of benzene rings is 2. The van der Waals surface area contributed by atoms with E-state index in [0.717, 1.165) is 11.1 Å². The molecule has 2 rings (SSSR count). The Morgan fingerprint density at radius 2 is 1.55 bits per heavy atom. The van der Waals surface area contributed by atoms with Crippen molar-refractivity contribution in [2.45, 2.75) is 6.10 Å². The molecule has 0 aliphatic heterocycles. The molecule has 0 bridgehead atoms. The number of nitriles is 1. The van der Waals surface area contributed by atoms with Crippen LogP contribution in [0.3, 0.4) is 0 Å². The summed E-state index contributed by atoms with van der Waals surface area (Å²) in [5, 5.41) is 26.7. The summed E-state index contributed by atoms with van der Waals surface area (Å²) in [6.45, 7) is -0.248. The topological polar surface area (TPSA) is 73.5 Å². The van der Waals surface area contributed by atoms with Gasteiger partial charge >= 0.3 is 0 Å². The summed E-state index contributed by atoms with van der Waals surface area (Å²) in [6.07, 6.45) is 3.07. The van der Waals surface area contributed by atoms with Gasteiger partial charge in [-0.05, 0) is 35.4 Å². The van der Waals surface area contributed by atoms with Crippen molar-refractivity contribution in [1.29, 1.82) is 5.26 Å². The predicted molar refractivity (Wildman–Crippen MR) is 85.1 cm³/mol. The van der Waals surface area contributed by atoms with Crippen molar-refractivity contribution in [2.24, 2.45) is 0 Å². The fourth-order valence-corrected chi connectivity index (χ4v) is 1.78. The first-order valence-electron chi connectivity index (χ1n) is 6.91. The molecule has 1 unspecified atom stereocenters. The van der Waals surface area contributed by atoms with Gasteiger partial charge in [0.25, 0.3) is 0 Å². The van der Waals surface area contributed by atoms with Crippen LogP contribution in [0.1, 0.15) is 16.7 Å². The monoisotopic (exact) mass is 295 g/mol. The van der Waals surface area contributed by atoms with E-state index >= 15 is 0 Å². The molecule has 0 aliphatic carbocycles. The normalized spacial score (nSPS) is 12.0. The Balaban J connectivity index is 1.95. The van der Waals surface area contributed by atoms with Crippen molar-refractivity contribution in [3.63, 3.8) is 0 Å². The van der Waals surface area contributed by atoms with Crippen LogP contribution in [0.4, 0.5) is 0 Å². The first-order chi connectivity index (χ1) is 10.7. The van der Waals surface area contributed by atoms with E-state index < -0.39 is 6.10 Å². The van der Waals surface area contributed by atoms with Crippen LogP contribution in [-0.4, -0.2) is 29.5 Å². The van der Waals surface area contributed by atoms with Crippen LogP contribution in [0.25, 0.3) is 12.2 Å². The van der Waals surface area contributed by atoms with Crippen molar-refractivity contribution in [1.82, 2.24) is 0 Å². The summed E-state index contributed by atoms with van der Waals surface area (Å²) in [7, 11) is 0. The van der Waals surface area contributed by atoms with Gasteiger partial charge in [-0.3, -0.25) is 0 Å². The number of hydrogen-bond acceptors (Lipinski definition) is 4. The molecule has 0 radical (unpaired) electrons. The lowest BCUT2D eigenvalue weighted by Gasteiger charge is -2.09. The molecule has 4 heteroatoms. The Kier molecular flexibility index (Phi) is 5.73. The number of ether oxygens (including phenoxy) is 1. The first kappa shape index (κ1) is 15.8. The maximum Gasteiger partial charge on any atom is 0.119 e. The maximum atomic E-state index is 9.22. The molecule has 0 fully saturated rings. The molecular formula is C18H17NO3. The van der Waals surface area contributed by atoms with Gasteiger partial charge in [0.05, 0.1) is 18.2 Å². The number of rotatable bonds is 6. The van der Waals surface area contributed by atoms with E-state index in [9.17, 15) is 5.11 Å². The molecule has 4 nitrogen and oxygen atoms in total. The summed E-state index contributed by atoms with van der Waals surface area (Å²) in [5.74, 6) is 0.642. The average molecular weight is 295 g/mol. The van der Waals surface area contributed by atoms with Crippen LogP contribution in [0.2, 0.25) is 0 Å². The Morgan fingerprint density at radius 3 is 2.05 bits per heavy atom. The molecule has 22 heavy (non-hydrogen) atoms. The summed E-state index contributed by atoms with van der Waals surface area (Å²) < 4.78 is 5.34. The lowest BCUT2D eigenvalue weighted by molar-refractivity contribution is 0.0536. The molecule has 1 atom stereocenters. The van der Waals surface area contributed by atoms with Gasteiger partial charge in [0, 0.05) is 0 Å². The Hall–Kier alpha value is -2.61. The summed E-state index contributed by atoms with van der Waals surface area (Å²) in [5.41, 5.74) is 2.67.